The van der Waals surface area contributed by atoms with Crippen LogP contribution >= 0.6 is 0 Å². The van der Waals surface area contributed by atoms with E-state index in [0.717, 1.165) is 12.1 Å². The molecule has 1 aliphatic rings. The molecule has 0 spiro atoms. The molecule has 6 nitrogen and oxygen atoms in total. The van der Waals surface area contributed by atoms with Gasteiger partial charge in [0.25, 0.3) is 0 Å². The zero-order chi connectivity index (χ0) is 13.1. The van der Waals surface area contributed by atoms with Crippen molar-refractivity contribution >= 4 is 11.9 Å². The summed E-state index contributed by atoms with van der Waals surface area (Å²) in [6.07, 6.45) is 1.61. The average Bonchev–Trinajstić information content (AvgIpc) is 2.97. The van der Waals surface area contributed by atoms with Crippen LogP contribution < -0.4 is 0 Å². The normalized spacial score (nSPS) is 19.0. The van der Waals surface area contributed by atoms with Gasteiger partial charge < -0.3 is 14.2 Å². The van der Waals surface area contributed by atoms with Crippen LogP contribution in [0.15, 0.2) is 10.6 Å². The fourth-order valence-electron chi connectivity index (χ4n) is 2.20. The lowest BCUT2D eigenvalue weighted by Gasteiger charge is -2.22. The highest BCUT2D eigenvalue weighted by atomic mass is 16.5. The lowest BCUT2D eigenvalue weighted by atomic mass is 10.2. The summed E-state index contributed by atoms with van der Waals surface area (Å²) in [5.74, 6) is 0.0432. The molecule has 1 aromatic rings. The molecule has 1 atom stereocenters. The van der Waals surface area contributed by atoms with E-state index >= 15 is 0 Å². The van der Waals surface area contributed by atoms with Gasteiger partial charge in [0.15, 0.2) is 0 Å². The van der Waals surface area contributed by atoms with Crippen molar-refractivity contribution in [3.63, 3.8) is 0 Å². The molecule has 1 aliphatic heterocycles. The summed E-state index contributed by atoms with van der Waals surface area (Å²) in [6.45, 7) is 2.39. The SMILES string of the molecule is COC(=O)[C@@H]1CCCN1C(=O)Cc1cc(C)no1. The average molecular weight is 252 g/mol. The molecule has 0 saturated carbocycles. The largest absolute Gasteiger partial charge is 0.467 e. The van der Waals surface area contributed by atoms with Gasteiger partial charge in [0.1, 0.15) is 11.8 Å². The molecule has 6 heteroatoms. The van der Waals surface area contributed by atoms with Crippen LogP contribution in [0.5, 0.6) is 0 Å². The minimum atomic E-state index is -0.452. The van der Waals surface area contributed by atoms with Crippen molar-refractivity contribution in [2.45, 2.75) is 32.2 Å². The molecule has 0 radical (unpaired) electrons. The number of carbonyl (C=O) groups excluding carboxylic acids is 2. The highest BCUT2D eigenvalue weighted by Gasteiger charge is 2.34. The molecule has 2 heterocycles. The molecule has 1 fully saturated rings. The first kappa shape index (κ1) is 12.6. The Morgan fingerprint density at radius 3 is 3.00 bits per heavy atom. The summed E-state index contributed by atoms with van der Waals surface area (Å²) < 4.78 is 9.70. The third-order valence-corrected chi connectivity index (χ3v) is 3.05. The molecule has 1 aromatic heterocycles. The van der Waals surface area contributed by atoms with Gasteiger partial charge in [0, 0.05) is 12.6 Å². The van der Waals surface area contributed by atoms with E-state index in [-0.39, 0.29) is 18.3 Å². The number of ether oxygens (including phenoxy) is 1. The van der Waals surface area contributed by atoms with Crippen LogP contribution in [0.2, 0.25) is 0 Å². The number of amides is 1. The van der Waals surface area contributed by atoms with Crippen molar-refractivity contribution in [3.05, 3.63) is 17.5 Å². The predicted molar refractivity (Wildman–Crippen MR) is 61.7 cm³/mol. The van der Waals surface area contributed by atoms with Gasteiger partial charge in [0.2, 0.25) is 5.91 Å². The number of likely N-dealkylation sites (tertiary alicyclic amines) is 1. The molecule has 1 amide bonds. The van der Waals surface area contributed by atoms with Crippen LogP contribution in [0.3, 0.4) is 0 Å². The topological polar surface area (TPSA) is 72.6 Å². The maximum atomic E-state index is 12.1. The highest BCUT2D eigenvalue weighted by molar-refractivity contribution is 5.86. The molecule has 0 N–H and O–H groups in total. The Balaban J connectivity index is 2.02. The quantitative estimate of drug-likeness (QED) is 0.740. The zero-order valence-corrected chi connectivity index (χ0v) is 10.5. The third kappa shape index (κ3) is 2.52. The molecule has 0 aliphatic carbocycles. The minimum absolute atomic E-state index is 0.126. The van der Waals surface area contributed by atoms with E-state index in [2.05, 4.69) is 5.16 Å². The summed E-state index contributed by atoms with van der Waals surface area (Å²) in [5, 5.41) is 3.73. The first-order valence-corrected chi connectivity index (χ1v) is 5.91. The number of aromatic nitrogens is 1. The summed E-state index contributed by atoms with van der Waals surface area (Å²) in [7, 11) is 1.34. The second-order valence-corrected chi connectivity index (χ2v) is 4.38. The van der Waals surface area contributed by atoms with E-state index in [9.17, 15) is 9.59 Å². The number of nitrogens with zero attached hydrogens (tertiary/aromatic N) is 2. The number of aryl methyl sites for hydroxylation is 1. The van der Waals surface area contributed by atoms with Crippen molar-refractivity contribution in [1.82, 2.24) is 10.1 Å². The Morgan fingerprint density at radius 2 is 2.39 bits per heavy atom. The Kier molecular flexibility index (Phi) is 3.64. The van der Waals surface area contributed by atoms with Crippen molar-refractivity contribution in [2.75, 3.05) is 13.7 Å². The molecule has 0 unspecified atom stereocenters. The van der Waals surface area contributed by atoms with Crippen molar-refractivity contribution in [3.8, 4) is 0 Å². The first-order chi connectivity index (χ1) is 8.61. The number of hydrogen-bond donors (Lipinski definition) is 0. The smallest absolute Gasteiger partial charge is 0.328 e. The van der Waals surface area contributed by atoms with Gasteiger partial charge in [-0.3, -0.25) is 4.79 Å². The number of hydrogen-bond acceptors (Lipinski definition) is 5. The highest BCUT2D eigenvalue weighted by Crippen LogP contribution is 2.19. The van der Waals surface area contributed by atoms with E-state index in [1.165, 1.54) is 7.11 Å². The van der Waals surface area contributed by atoms with Crippen molar-refractivity contribution in [2.24, 2.45) is 0 Å². The van der Waals surface area contributed by atoms with Gasteiger partial charge in [0.05, 0.1) is 19.2 Å². The van der Waals surface area contributed by atoms with E-state index < -0.39 is 6.04 Å². The third-order valence-electron chi connectivity index (χ3n) is 3.05. The number of methoxy groups -OCH3 is 1. The molecular weight excluding hydrogens is 236 g/mol. The predicted octanol–water partition coefficient (Wildman–Crippen LogP) is 0.690. The lowest BCUT2D eigenvalue weighted by Crippen LogP contribution is -2.41. The monoisotopic (exact) mass is 252 g/mol. The second kappa shape index (κ2) is 5.20. The molecule has 0 aromatic carbocycles. The molecular formula is C12H16N2O4. The molecule has 0 bridgehead atoms. The summed E-state index contributed by atoms with van der Waals surface area (Å²) in [4.78, 5) is 25.2. The summed E-state index contributed by atoms with van der Waals surface area (Å²) in [5.41, 5.74) is 0.740. The molecule has 2 rings (SSSR count). The Bertz CT molecular complexity index is 455. The van der Waals surface area contributed by atoms with Crippen LogP contribution in [0.4, 0.5) is 0 Å². The lowest BCUT2D eigenvalue weighted by molar-refractivity contribution is -0.150. The number of esters is 1. The van der Waals surface area contributed by atoms with E-state index in [1.54, 1.807) is 17.9 Å². The summed E-state index contributed by atoms with van der Waals surface area (Å²) in [6, 6.07) is 1.27. The van der Waals surface area contributed by atoms with Gasteiger partial charge in [-0.25, -0.2) is 4.79 Å². The van der Waals surface area contributed by atoms with Crippen LogP contribution in [0.1, 0.15) is 24.3 Å². The Labute approximate surface area is 105 Å². The maximum absolute atomic E-state index is 12.1. The standard InChI is InChI=1S/C12H16N2O4/c1-8-6-9(18-13-8)7-11(15)14-5-3-4-10(14)12(16)17-2/h6,10H,3-5,7H2,1-2H3/t10-/m0/s1. The zero-order valence-electron chi connectivity index (χ0n) is 10.5. The van der Waals surface area contributed by atoms with Crippen LogP contribution in [-0.4, -0.2) is 41.6 Å². The van der Waals surface area contributed by atoms with E-state index in [4.69, 9.17) is 9.26 Å². The van der Waals surface area contributed by atoms with Crippen molar-refractivity contribution in [1.29, 1.82) is 0 Å². The van der Waals surface area contributed by atoms with E-state index in [0.29, 0.717) is 18.7 Å². The first-order valence-electron chi connectivity index (χ1n) is 5.91. The number of carbonyl (C=O) groups is 2. The number of rotatable bonds is 3. The fraction of sp³-hybridized carbons (Fsp3) is 0.583. The van der Waals surface area contributed by atoms with Crippen LogP contribution in [-0.2, 0) is 20.7 Å². The fourth-order valence-corrected chi connectivity index (χ4v) is 2.20. The maximum Gasteiger partial charge on any atom is 0.328 e. The van der Waals surface area contributed by atoms with E-state index in [1.807, 2.05) is 0 Å². The van der Waals surface area contributed by atoms with Gasteiger partial charge in [-0.15, -0.1) is 0 Å². The molecule has 98 valence electrons. The Hall–Kier alpha value is -1.85. The van der Waals surface area contributed by atoms with Gasteiger partial charge in [-0.2, -0.15) is 0 Å². The Morgan fingerprint density at radius 1 is 1.61 bits per heavy atom. The van der Waals surface area contributed by atoms with Gasteiger partial charge in [-0.1, -0.05) is 5.16 Å². The van der Waals surface area contributed by atoms with Crippen LogP contribution in [0, 0.1) is 6.92 Å². The second-order valence-electron chi connectivity index (χ2n) is 4.38. The minimum Gasteiger partial charge on any atom is -0.467 e. The molecule has 18 heavy (non-hydrogen) atoms. The van der Waals surface area contributed by atoms with Gasteiger partial charge >= 0.3 is 5.97 Å². The van der Waals surface area contributed by atoms with Gasteiger partial charge in [-0.05, 0) is 19.8 Å². The van der Waals surface area contributed by atoms with Crippen LogP contribution in [0.25, 0.3) is 0 Å². The molecule has 1 saturated heterocycles. The van der Waals surface area contributed by atoms with Crippen molar-refractivity contribution < 1.29 is 18.8 Å². The summed E-state index contributed by atoms with van der Waals surface area (Å²) >= 11 is 0.